The molecule has 1 aliphatic rings. The molecule has 1 fully saturated rings. The molecule has 0 bridgehead atoms. The minimum absolute atomic E-state index is 0.214. The van der Waals surface area contributed by atoms with Gasteiger partial charge in [-0.1, -0.05) is 0 Å². The average Bonchev–Trinajstić information content (AvgIpc) is 3.32. The molecule has 218 valence electrons. The Morgan fingerprint density at radius 1 is 0.513 bits per heavy atom. The summed E-state index contributed by atoms with van der Waals surface area (Å²) in [6.07, 6.45) is -1.46. The van der Waals surface area contributed by atoms with Gasteiger partial charge in [-0.15, -0.1) is 0 Å². The van der Waals surface area contributed by atoms with Gasteiger partial charge in [0.1, 0.15) is 0 Å². The van der Waals surface area contributed by atoms with Crippen LogP contribution < -0.4 is 0 Å². The number of benzene rings is 2. The zero-order chi connectivity index (χ0) is 29.5. The molecule has 1 aliphatic heterocycles. The number of rotatable bonds is 10. The summed E-state index contributed by atoms with van der Waals surface area (Å²) < 4.78 is 202. The molecule has 1 heterocycles. The molecule has 1 saturated heterocycles. The summed E-state index contributed by atoms with van der Waals surface area (Å²) in [4.78, 5) is -4.59. The van der Waals surface area contributed by atoms with Crippen LogP contribution in [0.5, 0.6) is 0 Å². The van der Waals surface area contributed by atoms with Crippen molar-refractivity contribution in [1.82, 2.24) is 0 Å². The first-order valence-electron chi connectivity index (χ1n) is 10.1. The van der Waals surface area contributed by atoms with Gasteiger partial charge in [-0.05, 0) is 0 Å². The number of halogens is 10. The van der Waals surface area contributed by atoms with Crippen molar-refractivity contribution in [2.24, 2.45) is 0 Å². The quantitative estimate of drug-likeness (QED) is 0.171. The summed E-state index contributed by atoms with van der Waals surface area (Å²) in [5.74, 6) is -28.3. The number of hydrogen-bond donors (Lipinski definition) is 0. The van der Waals surface area contributed by atoms with E-state index in [0.29, 0.717) is 0 Å². The highest BCUT2D eigenvalue weighted by molar-refractivity contribution is 7.87. The topological polar surface area (TPSA) is 105 Å². The molecule has 39 heavy (non-hydrogen) atoms. The Balaban J connectivity index is 1.73. The van der Waals surface area contributed by atoms with Gasteiger partial charge in [0, 0.05) is 12.8 Å². The van der Waals surface area contributed by atoms with Gasteiger partial charge in [0.15, 0.2) is 62.1 Å². The van der Waals surface area contributed by atoms with Crippen molar-refractivity contribution >= 4 is 20.2 Å². The molecule has 0 radical (unpaired) electrons. The lowest BCUT2D eigenvalue weighted by atomic mass is 10.1. The maximum Gasteiger partial charge on any atom is 0.303 e. The third kappa shape index (κ3) is 5.85. The largest absolute Gasteiger partial charge is 0.347 e. The Morgan fingerprint density at radius 2 is 0.769 bits per heavy atom. The van der Waals surface area contributed by atoms with Gasteiger partial charge in [-0.2, -0.15) is 16.8 Å². The first kappa shape index (κ1) is 31.0. The minimum Gasteiger partial charge on any atom is -0.347 e. The standard InChI is InChI=1S/C19H12F10O8S2/c20-7-9(22)13(26)17(14(27)10(7)23)38(30,31)36-3-1-19(34-5-6-35-19)2-4-37-39(32,33)18-15(28)11(24)8(21)12(25)16(18)29/h1-6H2. The maximum atomic E-state index is 13.8. The molecular formula is C19H12F10O8S2. The summed E-state index contributed by atoms with van der Waals surface area (Å²) in [7, 11) is -11.2. The minimum atomic E-state index is -5.62. The van der Waals surface area contributed by atoms with E-state index in [-0.39, 0.29) is 13.2 Å². The van der Waals surface area contributed by atoms with Crippen LogP contribution in [0.2, 0.25) is 0 Å². The normalized spacial score (nSPS) is 15.7. The maximum absolute atomic E-state index is 13.8. The van der Waals surface area contributed by atoms with Crippen LogP contribution in [0.15, 0.2) is 9.79 Å². The van der Waals surface area contributed by atoms with Gasteiger partial charge in [0.2, 0.25) is 11.6 Å². The van der Waals surface area contributed by atoms with E-state index >= 15 is 0 Å². The average molecular weight is 622 g/mol. The highest BCUT2D eigenvalue weighted by atomic mass is 32.2. The summed E-state index contributed by atoms with van der Waals surface area (Å²) in [6.45, 7) is -2.66. The van der Waals surface area contributed by atoms with Crippen molar-refractivity contribution in [2.75, 3.05) is 26.4 Å². The molecule has 0 atom stereocenters. The van der Waals surface area contributed by atoms with Crippen molar-refractivity contribution in [1.29, 1.82) is 0 Å². The monoisotopic (exact) mass is 622 g/mol. The van der Waals surface area contributed by atoms with E-state index in [4.69, 9.17) is 9.47 Å². The molecular weight excluding hydrogens is 610 g/mol. The van der Waals surface area contributed by atoms with Crippen LogP contribution in [-0.4, -0.2) is 49.1 Å². The smallest absolute Gasteiger partial charge is 0.303 e. The summed E-state index contributed by atoms with van der Waals surface area (Å²) in [5.41, 5.74) is 0. The van der Waals surface area contributed by atoms with Crippen molar-refractivity contribution in [3.63, 3.8) is 0 Å². The highest BCUT2D eigenvalue weighted by Gasteiger charge is 2.40. The van der Waals surface area contributed by atoms with Crippen LogP contribution in [0, 0.1) is 58.2 Å². The fourth-order valence-electron chi connectivity index (χ4n) is 3.25. The van der Waals surface area contributed by atoms with Crippen molar-refractivity contribution in [2.45, 2.75) is 28.4 Å². The van der Waals surface area contributed by atoms with Gasteiger partial charge in [0.05, 0.1) is 26.4 Å². The lowest BCUT2D eigenvalue weighted by Gasteiger charge is -2.27. The molecule has 0 spiro atoms. The van der Waals surface area contributed by atoms with Crippen LogP contribution in [0.3, 0.4) is 0 Å². The van der Waals surface area contributed by atoms with Crippen molar-refractivity contribution in [3.8, 4) is 0 Å². The van der Waals surface area contributed by atoms with E-state index in [1.165, 1.54) is 0 Å². The second-order valence-corrected chi connectivity index (χ2v) is 10.6. The zero-order valence-electron chi connectivity index (χ0n) is 18.6. The number of hydrogen-bond acceptors (Lipinski definition) is 8. The SMILES string of the molecule is O=S(=O)(OCCC1(CCOS(=O)(=O)c2c(F)c(F)c(F)c(F)c2F)OCCO1)c1c(F)c(F)c(F)c(F)c1F. The van der Waals surface area contributed by atoms with E-state index < -0.39 is 120 Å². The van der Waals surface area contributed by atoms with Crippen LogP contribution in [0.1, 0.15) is 12.8 Å². The molecule has 0 amide bonds. The second kappa shape index (κ2) is 11.2. The van der Waals surface area contributed by atoms with E-state index in [0.717, 1.165) is 0 Å². The lowest BCUT2D eigenvalue weighted by Crippen LogP contribution is -2.34. The molecule has 3 rings (SSSR count). The Labute approximate surface area is 212 Å². The van der Waals surface area contributed by atoms with Crippen LogP contribution >= 0.6 is 0 Å². The predicted octanol–water partition coefficient (Wildman–Crippen LogP) is 3.71. The molecule has 0 unspecified atom stereocenters. The van der Waals surface area contributed by atoms with Crippen LogP contribution in [0.25, 0.3) is 0 Å². The summed E-state index contributed by atoms with van der Waals surface area (Å²) >= 11 is 0. The molecule has 2 aromatic carbocycles. The number of ether oxygens (including phenoxy) is 2. The van der Waals surface area contributed by atoms with Crippen LogP contribution in [-0.2, 0) is 38.1 Å². The Hall–Kier alpha value is -2.52. The van der Waals surface area contributed by atoms with E-state index in [2.05, 4.69) is 8.37 Å². The van der Waals surface area contributed by atoms with E-state index in [1.54, 1.807) is 0 Å². The van der Waals surface area contributed by atoms with E-state index in [9.17, 15) is 60.7 Å². The Bertz CT molecular complexity index is 1340. The Morgan fingerprint density at radius 3 is 1.05 bits per heavy atom. The van der Waals surface area contributed by atoms with Gasteiger partial charge in [-0.25, -0.2) is 43.9 Å². The van der Waals surface area contributed by atoms with Gasteiger partial charge in [0.25, 0.3) is 0 Å². The summed E-state index contributed by atoms with van der Waals surface area (Å²) in [6, 6.07) is 0. The second-order valence-electron chi connectivity index (χ2n) is 7.46. The third-order valence-corrected chi connectivity index (χ3v) is 7.77. The molecule has 2 aromatic rings. The third-order valence-electron chi connectivity index (χ3n) is 5.10. The molecule has 8 nitrogen and oxygen atoms in total. The highest BCUT2D eigenvalue weighted by Crippen LogP contribution is 2.32. The first-order chi connectivity index (χ1) is 18.0. The fourth-order valence-corrected chi connectivity index (χ4v) is 5.33. The molecule has 20 heteroatoms. The zero-order valence-corrected chi connectivity index (χ0v) is 20.2. The van der Waals surface area contributed by atoms with Gasteiger partial charge < -0.3 is 9.47 Å². The first-order valence-corrected chi connectivity index (χ1v) is 12.9. The van der Waals surface area contributed by atoms with Gasteiger partial charge >= 0.3 is 20.2 Å². The van der Waals surface area contributed by atoms with E-state index in [1.807, 2.05) is 0 Å². The van der Waals surface area contributed by atoms with Crippen molar-refractivity contribution < 1.29 is 78.6 Å². The molecule has 0 aliphatic carbocycles. The van der Waals surface area contributed by atoms with Crippen molar-refractivity contribution in [3.05, 3.63) is 58.2 Å². The fraction of sp³-hybridized carbons (Fsp3) is 0.368. The lowest BCUT2D eigenvalue weighted by molar-refractivity contribution is -0.173. The predicted molar refractivity (Wildman–Crippen MR) is 103 cm³/mol. The van der Waals surface area contributed by atoms with Gasteiger partial charge in [-0.3, -0.25) is 8.37 Å². The Kier molecular flexibility index (Phi) is 8.87. The summed E-state index contributed by atoms with van der Waals surface area (Å²) in [5, 5.41) is 0. The molecule has 0 aromatic heterocycles. The molecule has 0 N–H and O–H groups in total. The molecule has 0 saturated carbocycles. The van der Waals surface area contributed by atoms with Crippen LogP contribution in [0.4, 0.5) is 43.9 Å².